The first-order valence-corrected chi connectivity index (χ1v) is 6.53. The van der Waals surface area contributed by atoms with E-state index >= 15 is 0 Å². The van der Waals surface area contributed by atoms with Gasteiger partial charge in [-0.3, -0.25) is 4.79 Å². The molecule has 0 unspecified atom stereocenters. The Kier molecular flexibility index (Phi) is 4.36. The average Bonchev–Trinajstić information content (AvgIpc) is 2.88. The van der Waals surface area contributed by atoms with Crippen molar-refractivity contribution < 1.29 is 15.0 Å². The van der Waals surface area contributed by atoms with E-state index in [2.05, 4.69) is 15.3 Å². The fraction of sp³-hybridized carbons (Fsp3) is 0.429. The number of H-pyrrole nitrogens is 1. The van der Waals surface area contributed by atoms with Crippen molar-refractivity contribution in [2.75, 3.05) is 13.2 Å². The molecule has 2 rings (SSSR count). The second-order valence-electron chi connectivity index (χ2n) is 5.13. The molecule has 2 aromatic rings. The molecule has 1 amide bonds. The van der Waals surface area contributed by atoms with E-state index in [-0.39, 0.29) is 25.5 Å². The van der Waals surface area contributed by atoms with Gasteiger partial charge in [0.2, 0.25) is 5.91 Å². The number of benzene rings is 1. The zero-order valence-corrected chi connectivity index (χ0v) is 11.4. The normalized spacial score (nSPS) is 11.8. The molecule has 6 nitrogen and oxygen atoms in total. The predicted molar refractivity (Wildman–Crippen MR) is 75.1 cm³/mol. The maximum Gasteiger partial charge on any atom is 0.221 e. The van der Waals surface area contributed by atoms with Gasteiger partial charge in [0.1, 0.15) is 5.82 Å². The molecule has 0 spiro atoms. The Morgan fingerprint density at radius 2 is 2.05 bits per heavy atom. The molecule has 0 aliphatic heterocycles. The van der Waals surface area contributed by atoms with E-state index in [0.717, 1.165) is 16.9 Å². The van der Waals surface area contributed by atoms with Crippen LogP contribution in [0.4, 0.5) is 0 Å². The molecule has 0 saturated carbocycles. The minimum atomic E-state index is -0.981. The predicted octanol–water partition coefficient (Wildman–Crippen LogP) is 0.355. The summed E-state index contributed by atoms with van der Waals surface area (Å²) in [5.74, 6) is 0.520. The highest BCUT2D eigenvalue weighted by Crippen LogP contribution is 2.11. The molecule has 108 valence electrons. The van der Waals surface area contributed by atoms with Crippen LogP contribution in [0.1, 0.15) is 19.2 Å². The Morgan fingerprint density at radius 1 is 1.35 bits per heavy atom. The van der Waals surface area contributed by atoms with Crippen molar-refractivity contribution in [2.45, 2.75) is 25.3 Å². The van der Waals surface area contributed by atoms with Crippen molar-refractivity contribution >= 4 is 16.9 Å². The Bertz CT molecular complexity index is 557. The van der Waals surface area contributed by atoms with E-state index in [0.29, 0.717) is 6.42 Å². The number of carbonyl (C=O) groups is 1. The number of imidazole rings is 1. The molecule has 1 heterocycles. The van der Waals surface area contributed by atoms with Crippen LogP contribution in [0.3, 0.4) is 0 Å². The standard InChI is InChI=1S/C14H19N3O3/c1-14(8-18,9-19)17-13(20)7-6-12-15-10-4-2-3-5-11(10)16-12/h2-5,18-19H,6-9H2,1H3,(H,15,16)(H,17,20). The number of rotatable bonds is 6. The summed E-state index contributed by atoms with van der Waals surface area (Å²) in [6.07, 6.45) is 0.725. The molecule has 0 fully saturated rings. The summed E-state index contributed by atoms with van der Waals surface area (Å²) in [6, 6.07) is 7.67. The van der Waals surface area contributed by atoms with Crippen LogP contribution in [0.15, 0.2) is 24.3 Å². The smallest absolute Gasteiger partial charge is 0.221 e. The van der Waals surface area contributed by atoms with Gasteiger partial charge in [0.25, 0.3) is 0 Å². The topological polar surface area (TPSA) is 98.2 Å². The minimum absolute atomic E-state index is 0.226. The fourth-order valence-corrected chi connectivity index (χ4v) is 1.88. The van der Waals surface area contributed by atoms with E-state index in [1.54, 1.807) is 6.92 Å². The van der Waals surface area contributed by atoms with Crippen LogP contribution < -0.4 is 5.32 Å². The highest BCUT2D eigenvalue weighted by Gasteiger charge is 2.24. The highest BCUT2D eigenvalue weighted by molar-refractivity contribution is 5.77. The SMILES string of the molecule is CC(CO)(CO)NC(=O)CCc1nc2ccccc2[nH]1. The van der Waals surface area contributed by atoms with E-state index in [1.165, 1.54) is 0 Å². The van der Waals surface area contributed by atoms with E-state index in [9.17, 15) is 4.79 Å². The second kappa shape index (κ2) is 6.02. The molecule has 1 aromatic carbocycles. The van der Waals surface area contributed by atoms with Gasteiger partial charge in [0.05, 0.1) is 29.8 Å². The number of nitrogens with zero attached hydrogens (tertiary/aromatic N) is 1. The third-order valence-electron chi connectivity index (χ3n) is 3.17. The van der Waals surface area contributed by atoms with Crippen LogP contribution in [-0.2, 0) is 11.2 Å². The number of aliphatic hydroxyl groups is 2. The lowest BCUT2D eigenvalue weighted by Gasteiger charge is -2.26. The number of carbonyl (C=O) groups excluding carboxylic acids is 1. The molecular formula is C14H19N3O3. The molecular weight excluding hydrogens is 258 g/mol. The zero-order chi connectivity index (χ0) is 14.6. The first-order valence-electron chi connectivity index (χ1n) is 6.53. The summed E-state index contributed by atoms with van der Waals surface area (Å²) in [4.78, 5) is 19.3. The second-order valence-corrected chi connectivity index (χ2v) is 5.13. The quantitative estimate of drug-likeness (QED) is 0.612. The van der Waals surface area contributed by atoms with Gasteiger partial charge in [0, 0.05) is 12.8 Å². The Hall–Kier alpha value is -1.92. The maximum absolute atomic E-state index is 11.8. The average molecular weight is 277 g/mol. The number of amides is 1. The van der Waals surface area contributed by atoms with Gasteiger partial charge in [-0.25, -0.2) is 4.98 Å². The van der Waals surface area contributed by atoms with Crippen LogP contribution in [-0.4, -0.2) is 44.8 Å². The lowest BCUT2D eigenvalue weighted by molar-refractivity contribution is -0.124. The molecule has 0 bridgehead atoms. The number of aryl methyl sites for hydroxylation is 1. The molecule has 1 aromatic heterocycles. The van der Waals surface area contributed by atoms with E-state index < -0.39 is 5.54 Å². The molecule has 6 heteroatoms. The van der Waals surface area contributed by atoms with Gasteiger partial charge in [-0.2, -0.15) is 0 Å². The highest BCUT2D eigenvalue weighted by atomic mass is 16.3. The van der Waals surface area contributed by atoms with Crippen molar-refractivity contribution in [1.82, 2.24) is 15.3 Å². The molecule has 0 radical (unpaired) electrons. The number of aromatic nitrogens is 2. The van der Waals surface area contributed by atoms with Crippen LogP contribution in [0.2, 0.25) is 0 Å². The maximum atomic E-state index is 11.8. The first-order chi connectivity index (χ1) is 9.56. The number of hydrogen-bond donors (Lipinski definition) is 4. The molecule has 0 atom stereocenters. The van der Waals surface area contributed by atoms with Gasteiger partial charge in [-0.05, 0) is 19.1 Å². The lowest BCUT2D eigenvalue weighted by Crippen LogP contribution is -2.51. The van der Waals surface area contributed by atoms with Crippen LogP contribution in [0.25, 0.3) is 11.0 Å². The third kappa shape index (κ3) is 3.34. The third-order valence-corrected chi connectivity index (χ3v) is 3.17. The molecule has 0 saturated heterocycles. The molecule has 0 aliphatic rings. The number of nitrogens with one attached hydrogen (secondary N) is 2. The summed E-state index contributed by atoms with van der Waals surface area (Å²) in [6.45, 7) is 0.978. The Morgan fingerprint density at radius 3 is 2.70 bits per heavy atom. The van der Waals surface area contributed by atoms with Crippen molar-refractivity contribution in [3.8, 4) is 0 Å². The van der Waals surface area contributed by atoms with Gasteiger partial charge in [0.15, 0.2) is 0 Å². The van der Waals surface area contributed by atoms with E-state index in [1.807, 2.05) is 24.3 Å². The minimum Gasteiger partial charge on any atom is -0.394 e. The van der Waals surface area contributed by atoms with Gasteiger partial charge in [-0.15, -0.1) is 0 Å². The van der Waals surface area contributed by atoms with E-state index in [4.69, 9.17) is 10.2 Å². The molecule has 20 heavy (non-hydrogen) atoms. The number of fused-ring (bicyclic) bond motifs is 1. The summed E-state index contributed by atoms with van der Waals surface area (Å²) < 4.78 is 0. The number of aromatic amines is 1. The van der Waals surface area contributed by atoms with Gasteiger partial charge in [-0.1, -0.05) is 12.1 Å². The summed E-state index contributed by atoms with van der Waals surface area (Å²) in [5, 5.41) is 20.9. The van der Waals surface area contributed by atoms with Crippen LogP contribution >= 0.6 is 0 Å². The summed E-state index contributed by atoms with van der Waals surface area (Å²) in [5.41, 5.74) is 0.835. The fourth-order valence-electron chi connectivity index (χ4n) is 1.88. The van der Waals surface area contributed by atoms with Crippen molar-refractivity contribution in [3.63, 3.8) is 0 Å². The van der Waals surface area contributed by atoms with Gasteiger partial charge < -0.3 is 20.5 Å². The Labute approximate surface area is 116 Å². The zero-order valence-electron chi connectivity index (χ0n) is 11.4. The number of para-hydroxylation sites is 2. The van der Waals surface area contributed by atoms with Crippen LogP contribution in [0.5, 0.6) is 0 Å². The van der Waals surface area contributed by atoms with Crippen molar-refractivity contribution in [1.29, 1.82) is 0 Å². The lowest BCUT2D eigenvalue weighted by atomic mass is 10.1. The summed E-state index contributed by atoms with van der Waals surface area (Å²) in [7, 11) is 0. The summed E-state index contributed by atoms with van der Waals surface area (Å²) >= 11 is 0. The monoisotopic (exact) mass is 277 g/mol. The first kappa shape index (κ1) is 14.5. The van der Waals surface area contributed by atoms with Gasteiger partial charge >= 0.3 is 0 Å². The molecule has 4 N–H and O–H groups in total. The Balaban J connectivity index is 1.93. The van der Waals surface area contributed by atoms with Crippen LogP contribution in [0, 0.1) is 0 Å². The molecule has 0 aliphatic carbocycles. The number of aliphatic hydroxyl groups excluding tert-OH is 2. The largest absolute Gasteiger partial charge is 0.394 e. The number of hydrogen-bond acceptors (Lipinski definition) is 4. The van der Waals surface area contributed by atoms with Crippen molar-refractivity contribution in [3.05, 3.63) is 30.1 Å². The van der Waals surface area contributed by atoms with Crippen molar-refractivity contribution in [2.24, 2.45) is 0 Å².